The fraction of sp³-hybridized carbons (Fsp3) is 0.455. The van der Waals surface area contributed by atoms with E-state index in [1.165, 1.54) is 16.7 Å². The van der Waals surface area contributed by atoms with Crippen LogP contribution in [0.25, 0.3) is 0 Å². The summed E-state index contributed by atoms with van der Waals surface area (Å²) in [5.41, 5.74) is -0.0578. The highest BCUT2D eigenvalue weighted by Gasteiger charge is 2.26. The Labute approximate surface area is 180 Å². The molecule has 1 aromatic carbocycles. The predicted molar refractivity (Wildman–Crippen MR) is 115 cm³/mol. The fourth-order valence-corrected chi connectivity index (χ4v) is 3.44. The number of benzene rings is 1. The largest absolute Gasteiger partial charge is 0.444 e. The monoisotopic (exact) mass is 430 g/mol. The summed E-state index contributed by atoms with van der Waals surface area (Å²) in [6.07, 6.45) is 1.25. The van der Waals surface area contributed by atoms with E-state index >= 15 is 0 Å². The van der Waals surface area contributed by atoms with Crippen molar-refractivity contribution in [2.24, 2.45) is 5.18 Å². The second-order valence-corrected chi connectivity index (χ2v) is 8.59. The van der Waals surface area contributed by atoms with Crippen LogP contribution in [-0.4, -0.2) is 52.2 Å². The molecule has 1 amide bonds. The van der Waals surface area contributed by atoms with Crippen molar-refractivity contribution in [2.45, 2.75) is 39.5 Å². The first-order valence-corrected chi connectivity index (χ1v) is 10.2. The van der Waals surface area contributed by atoms with Gasteiger partial charge in [0.25, 0.3) is 5.56 Å². The molecule has 0 saturated carbocycles. The summed E-state index contributed by atoms with van der Waals surface area (Å²) in [6.45, 7) is 8.16. The maximum atomic E-state index is 13.4. The van der Waals surface area contributed by atoms with E-state index in [0.29, 0.717) is 43.9 Å². The van der Waals surface area contributed by atoms with Gasteiger partial charge in [0.1, 0.15) is 11.4 Å². The van der Waals surface area contributed by atoms with Gasteiger partial charge >= 0.3 is 6.09 Å². The summed E-state index contributed by atoms with van der Waals surface area (Å²) in [6, 6.07) is 7.65. The van der Waals surface area contributed by atoms with E-state index in [2.05, 4.69) is 10.1 Å². The smallest absolute Gasteiger partial charge is 0.410 e. The Morgan fingerprint density at radius 2 is 1.84 bits per heavy atom. The Morgan fingerprint density at radius 3 is 2.45 bits per heavy atom. The van der Waals surface area contributed by atoms with Gasteiger partial charge in [-0.2, -0.15) is 0 Å². The van der Waals surface area contributed by atoms with Crippen molar-refractivity contribution in [3.63, 3.8) is 0 Å². The van der Waals surface area contributed by atoms with Gasteiger partial charge in [0.2, 0.25) is 0 Å². The van der Waals surface area contributed by atoms with Gasteiger partial charge in [-0.1, -0.05) is 12.1 Å². The molecular weight excluding hydrogens is 403 g/mol. The summed E-state index contributed by atoms with van der Waals surface area (Å²) in [7, 11) is 0. The van der Waals surface area contributed by atoms with Crippen LogP contribution in [0.2, 0.25) is 0 Å². The Bertz CT molecular complexity index is 1010. The number of amides is 1. The number of nitroso groups, excluding NO2 is 1. The lowest BCUT2D eigenvalue weighted by Crippen LogP contribution is -2.49. The van der Waals surface area contributed by atoms with Gasteiger partial charge in [0.05, 0.1) is 6.54 Å². The lowest BCUT2D eigenvalue weighted by atomic mass is 10.1. The summed E-state index contributed by atoms with van der Waals surface area (Å²) in [5.74, 6) is -0.388. The molecule has 1 aromatic heterocycles. The van der Waals surface area contributed by atoms with Gasteiger partial charge in [0.15, 0.2) is 5.69 Å². The molecule has 0 radical (unpaired) electrons. The molecule has 8 nitrogen and oxygen atoms in total. The maximum absolute atomic E-state index is 13.4. The molecule has 1 aliphatic heterocycles. The SMILES string of the molecule is CC(C)(C)OC(=O)N1CCN(Cc2ccn(Cc3cccc(F)c3)c(=O)c2N=O)CC1. The highest BCUT2D eigenvalue weighted by Crippen LogP contribution is 2.18. The van der Waals surface area contributed by atoms with Crippen LogP contribution >= 0.6 is 0 Å². The van der Waals surface area contributed by atoms with Crippen LogP contribution in [-0.2, 0) is 17.8 Å². The average Bonchev–Trinajstić information content (AvgIpc) is 2.69. The highest BCUT2D eigenvalue weighted by atomic mass is 19.1. The minimum absolute atomic E-state index is 0.145. The molecule has 2 aromatic rings. The van der Waals surface area contributed by atoms with Gasteiger partial charge in [-0.15, -0.1) is 4.91 Å². The van der Waals surface area contributed by atoms with Gasteiger partial charge in [0, 0.05) is 44.5 Å². The Morgan fingerprint density at radius 1 is 1.13 bits per heavy atom. The van der Waals surface area contributed by atoms with Crippen LogP contribution in [0.15, 0.2) is 46.5 Å². The molecule has 31 heavy (non-hydrogen) atoms. The average molecular weight is 430 g/mol. The normalized spacial score (nSPS) is 15.0. The molecule has 166 valence electrons. The number of hydrogen-bond acceptors (Lipinski definition) is 6. The van der Waals surface area contributed by atoms with Crippen LogP contribution in [0, 0.1) is 10.7 Å². The van der Waals surface area contributed by atoms with Crippen molar-refractivity contribution >= 4 is 11.8 Å². The number of halogens is 1. The van der Waals surface area contributed by atoms with Crippen molar-refractivity contribution in [2.75, 3.05) is 26.2 Å². The van der Waals surface area contributed by atoms with Crippen LogP contribution in [0.3, 0.4) is 0 Å². The first kappa shape index (κ1) is 22.6. The van der Waals surface area contributed by atoms with E-state index in [1.807, 2.05) is 20.8 Å². The zero-order valence-corrected chi connectivity index (χ0v) is 18.0. The minimum Gasteiger partial charge on any atom is -0.444 e. The molecule has 1 saturated heterocycles. The van der Waals surface area contributed by atoms with Crippen molar-refractivity contribution in [1.29, 1.82) is 0 Å². The second kappa shape index (κ2) is 9.38. The van der Waals surface area contributed by atoms with E-state index in [-0.39, 0.29) is 24.1 Å². The lowest BCUT2D eigenvalue weighted by molar-refractivity contribution is 0.0139. The number of ether oxygens (including phenoxy) is 1. The molecular formula is C22H27FN4O4. The molecule has 0 bridgehead atoms. The Hall–Kier alpha value is -3.07. The van der Waals surface area contributed by atoms with E-state index in [4.69, 9.17) is 4.74 Å². The third kappa shape index (κ3) is 5.97. The minimum atomic E-state index is -0.547. The number of hydrogen-bond donors (Lipinski definition) is 0. The van der Waals surface area contributed by atoms with Gasteiger partial charge < -0.3 is 14.2 Å². The lowest BCUT2D eigenvalue weighted by Gasteiger charge is -2.35. The molecule has 9 heteroatoms. The third-order valence-corrected chi connectivity index (χ3v) is 4.97. The van der Waals surface area contributed by atoms with Gasteiger partial charge in [-0.25, -0.2) is 9.18 Å². The summed E-state index contributed by atoms with van der Waals surface area (Å²) in [5, 5.41) is 2.97. The number of pyridine rings is 1. The molecule has 0 aliphatic carbocycles. The van der Waals surface area contributed by atoms with Crippen molar-refractivity contribution in [3.05, 3.63) is 68.7 Å². The number of piperazine rings is 1. The van der Waals surface area contributed by atoms with E-state index in [0.717, 1.165) is 0 Å². The van der Waals surface area contributed by atoms with Crippen LogP contribution < -0.4 is 5.56 Å². The van der Waals surface area contributed by atoms with E-state index < -0.39 is 11.2 Å². The summed E-state index contributed by atoms with van der Waals surface area (Å²) in [4.78, 5) is 40.0. The molecule has 0 N–H and O–H groups in total. The highest BCUT2D eigenvalue weighted by molar-refractivity contribution is 5.68. The van der Waals surface area contributed by atoms with Crippen LogP contribution in [0.1, 0.15) is 31.9 Å². The quantitative estimate of drug-likeness (QED) is 0.678. The van der Waals surface area contributed by atoms with Crippen LogP contribution in [0.4, 0.5) is 14.9 Å². The number of nitrogens with zero attached hydrogens (tertiary/aromatic N) is 4. The van der Waals surface area contributed by atoms with Crippen molar-refractivity contribution in [1.82, 2.24) is 14.4 Å². The number of carbonyl (C=O) groups excluding carboxylic acids is 1. The molecule has 1 aliphatic rings. The molecule has 1 fully saturated rings. The topological polar surface area (TPSA) is 84.2 Å². The zero-order chi connectivity index (χ0) is 22.6. The predicted octanol–water partition coefficient (Wildman–Crippen LogP) is 3.49. The molecule has 3 rings (SSSR count). The molecule has 0 spiro atoms. The van der Waals surface area contributed by atoms with Crippen molar-refractivity contribution < 1.29 is 13.9 Å². The first-order valence-electron chi connectivity index (χ1n) is 10.2. The number of aromatic nitrogens is 1. The van der Waals surface area contributed by atoms with Crippen molar-refractivity contribution in [3.8, 4) is 0 Å². The summed E-state index contributed by atoms with van der Waals surface area (Å²) >= 11 is 0. The van der Waals surface area contributed by atoms with Crippen LogP contribution in [0.5, 0.6) is 0 Å². The first-order chi connectivity index (χ1) is 14.7. The maximum Gasteiger partial charge on any atom is 0.410 e. The third-order valence-electron chi connectivity index (χ3n) is 4.97. The fourth-order valence-electron chi connectivity index (χ4n) is 3.44. The standard InChI is InChI=1S/C22H27FN4O4/c1-22(2,3)31-21(29)26-11-9-25(10-12-26)15-17-7-8-27(20(28)19(17)24-30)14-16-5-4-6-18(23)13-16/h4-8,13H,9-12,14-15H2,1-3H3. The van der Waals surface area contributed by atoms with Gasteiger partial charge in [-0.3, -0.25) is 9.69 Å². The molecule has 2 heterocycles. The number of rotatable bonds is 5. The zero-order valence-electron chi connectivity index (χ0n) is 18.0. The Kier molecular flexibility index (Phi) is 6.84. The Balaban J connectivity index is 1.66. The van der Waals surface area contributed by atoms with E-state index in [9.17, 15) is 18.9 Å². The molecule has 0 atom stereocenters. The van der Waals surface area contributed by atoms with E-state index in [1.54, 1.807) is 29.3 Å². The van der Waals surface area contributed by atoms with Gasteiger partial charge in [-0.05, 0) is 49.7 Å². The second-order valence-electron chi connectivity index (χ2n) is 8.59. The number of carbonyl (C=O) groups is 1. The summed E-state index contributed by atoms with van der Waals surface area (Å²) < 4.78 is 20.1. The molecule has 0 unspecified atom stereocenters.